The third-order valence-corrected chi connectivity index (χ3v) is 1.79. The van der Waals surface area contributed by atoms with Gasteiger partial charge in [-0.1, -0.05) is 6.08 Å². The molecule has 0 aromatic heterocycles. The van der Waals surface area contributed by atoms with Crippen LogP contribution in [-0.4, -0.2) is 18.2 Å². The molecule has 0 aromatic carbocycles. The van der Waals surface area contributed by atoms with Gasteiger partial charge in [0.25, 0.3) is 0 Å². The molecule has 0 atom stereocenters. The van der Waals surface area contributed by atoms with Crippen LogP contribution >= 0.6 is 11.9 Å². The second-order valence-corrected chi connectivity index (χ2v) is 3.44. The first-order valence-corrected chi connectivity index (χ1v) is 5.06. The van der Waals surface area contributed by atoms with Crippen molar-refractivity contribution in [3.05, 3.63) is 12.7 Å². The minimum atomic E-state index is -4.48. The van der Waals surface area contributed by atoms with Crippen LogP contribution in [0.15, 0.2) is 12.7 Å². The lowest BCUT2D eigenvalue weighted by Crippen LogP contribution is -2.22. The summed E-state index contributed by atoms with van der Waals surface area (Å²) in [6, 6.07) is 0. The monoisotopic (exact) mass is 243 g/mol. The van der Waals surface area contributed by atoms with E-state index in [1.165, 1.54) is 4.72 Å². The minimum absolute atomic E-state index is 0.109. The molecule has 3 nitrogen and oxygen atoms in total. The molecular weight excluding hydrogens is 231 g/mol. The van der Waals surface area contributed by atoms with E-state index in [2.05, 4.69) is 11.3 Å². The molecule has 1 amide bonds. The molecular formula is C8H12F3NO2S. The van der Waals surface area contributed by atoms with Gasteiger partial charge >= 0.3 is 11.6 Å². The molecule has 0 aromatic rings. The van der Waals surface area contributed by atoms with E-state index >= 15 is 0 Å². The van der Waals surface area contributed by atoms with Gasteiger partial charge in [0, 0.05) is 0 Å². The number of allylic oxidation sites excluding steroid dienone is 1. The lowest BCUT2D eigenvalue weighted by Gasteiger charge is -2.07. The Labute approximate surface area is 90.2 Å². The number of amides is 1. The fourth-order valence-electron chi connectivity index (χ4n) is 0.685. The number of nitrogens with one attached hydrogen (secondary N) is 1. The molecule has 15 heavy (non-hydrogen) atoms. The Morgan fingerprint density at radius 2 is 2.13 bits per heavy atom. The molecule has 0 heterocycles. The van der Waals surface area contributed by atoms with E-state index in [0.29, 0.717) is 6.42 Å². The lowest BCUT2D eigenvalue weighted by atomic mass is 10.2. The van der Waals surface area contributed by atoms with Gasteiger partial charge in [-0.25, -0.2) is 4.79 Å². The summed E-state index contributed by atoms with van der Waals surface area (Å²) in [6.45, 7) is 3.61. The normalized spacial score (nSPS) is 10.9. The number of unbranched alkanes of at least 4 members (excludes halogenated alkanes) is 2. The van der Waals surface area contributed by atoms with Crippen LogP contribution in [0.5, 0.6) is 0 Å². The van der Waals surface area contributed by atoms with Gasteiger partial charge in [0.05, 0.1) is 18.6 Å². The van der Waals surface area contributed by atoms with Crippen molar-refractivity contribution in [2.45, 2.75) is 24.8 Å². The fourth-order valence-corrected chi connectivity index (χ4v) is 0.943. The Morgan fingerprint density at radius 1 is 1.47 bits per heavy atom. The summed E-state index contributed by atoms with van der Waals surface area (Å²) in [5.74, 6) is 0. The topological polar surface area (TPSA) is 38.3 Å². The average molecular weight is 243 g/mol. The van der Waals surface area contributed by atoms with Crippen LogP contribution in [0.25, 0.3) is 0 Å². The van der Waals surface area contributed by atoms with Crippen molar-refractivity contribution in [1.29, 1.82) is 0 Å². The Morgan fingerprint density at radius 3 is 2.67 bits per heavy atom. The van der Waals surface area contributed by atoms with E-state index in [-0.39, 0.29) is 6.61 Å². The van der Waals surface area contributed by atoms with Crippen LogP contribution in [-0.2, 0) is 4.74 Å². The maximum atomic E-state index is 11.6. The molecule has 0 aliphatic carbocycles. The Kier molecular flexibility index (Phi) is 7.02. The van der Waals surface area contributed by atoms with Crippen LogP contribution in [0.3, 0.4) is 0 Å². The Bertz CT molecular complexity index is 209. The van der Waals surface area contributed by atoms with Crippen LogP contribution in [0.4, 0.5) is 18.0 Å². The van der Waals surface area contributed by atoms with Crippen LogP contribution in [0.2, 0.25) is 0 Å². The second-order valence-electron chi connectivity index (χ2n) is 2.57. The molecule has 0 aliphatic rings. The zero-order valence-corrected chi connectivity index (χ0v) is 8.79. The van der Waals surface area contributed by atoms with Gasteiger partial charge in [-0.3, -0.25) is 4.72 Å². The summed E-state index contributed by atoms with van der Waals surface area (Å²) in [5.41, 5.74) is -4.48. The second kappa shape index (κ2) is 7.44. The number of carbonyl (C=O) groups is 1. The lowest BCUT2D eigenvalue weighted by molar-refractivity contribution is -0.0336. The van der Waals surface area contributed by atoms with Crippen molar-refractivity contribution < 1.29 is 22.7 Å². The molecule has 0 rings (SSSR count). The zero-order chi connectivity index (χ0) is 11.7. The van der Waals surface area contributed by atoms with Gasteiger partial charge in [-0.15, -0.1) is 6.58 Å². The number of hydrogen-bond donors (Lipinski definition) is 1. The van der Waals surface area contributed by atoms with E-state index in [0.717, 1.165) is 12.8 Å². The average Bonchev–Trinajstić information content (AvgIpc) is 2.13. The molecule has 0 bridgehead atoms. The highest BCUT2D eigenvalue weighted by atomic mass is 32.2. The van der Waals surface area contributed by atoms with Crippen molar-refractivity contribution in [2.24, 2.45) is 0 Å². The number of alkyl halides is 3. The molecule has 0 saturated carbocycles. The van der Waals surface area contributed by atoms with Crippen molar-refractivity contribution in [3.8, 4) is 0 Å². The first-order chi connectivity index (χ1) is 6.95. The summed E-state index contributed by atoms with van der Waals surface area (Å²) < 4.78 is 40.8. The first kappa shape index (κ1) is 14.2. The summed E-state index contributed by atoms with van der Waals surface area (Å²) in [7, 11) is 0. The maximum Gasteiger partial charge on any atom is 0.461 e. The maximum absolute atomic E-state index is 11.6. The fraction of sp³-hybridized carbons (Fsp3) is 0.625. The predicted molar refractivity (Wildman–Crippen MR) is 52.2 cm³/mol. The number of halogens is 3. The minimum Gasteiger partial charge on any atom is -0.449 e. The molecule has 0 fully saturated rings. The first-order valence-electron chi connectivity index (χ1n) is 4.24. The highest BCUT2D eigenvalue weighted by molar-refractivity contribution is 7.98. The quantitative estimate of drug-likeness (QED) is 0.442. The van der Waals surface area contributed by atoms with Crippen molar-refractivity contribution in [2.75, 3.05) is 6.61 Å². The van der Waals surface area contributed by atoms with E-state index in [1.54, 1.807) is 6.08 Å². The molecule has 0 aliphatic heterocycles. The van der Waals surface area contributed by atoms with Gasteiger partial charge in [0.2, 0.25) is 0 Å². The highest BCUT2D eigenvalue weighted by Gasteiger charge is 2.30. The third-order valence-electron chi connectivity index (χ3n) is 1.29. The highest BCUT2D eigenvalue weighted by Crippen LogP contribution is 2.27. The zero-order valence-electron chi connectivity index (χ0n) is 7.97. The van der Waals surface area contributed by atoms with Gasteiger partial charge in [0.15, 0.2) is 0 Å². The number of ether oxygens (including phenoxy) is 1. The Balaban J connectivity index is 3.38. The summed E-state index contributed by atoms with van der Waals surface area (Å²) >= 11 is -0.631. The summed E-state index contributed by atoms with van der Waals surface area (Å²) in [5, 5.41) is 0. The third kappa shape index (κ3) is 11.1. The van der Waals surface area contributed by atoms with E-state index < -0.39 is 23.5 Å². The van der Waals surface area contributed by atoms with Crippen molar-refractivity contribution in [3.63, 3.8) is 0 Å². The number of hydrogen-bond acceptors (Lipinski definition) is 3. The van der Waals surface area contributed by atoms with Gasteiger partial charge in [-0.2, -0.15) is 13.2 Å². The molecule has 0 saturated heterocycles. The Hall–Kier alpha value is -0.850. The van der Waals surface area contributed by atoms with Crippen molar-refractivity contribution in [1.82, 2.24) is 4.72 Å². The molecule has 7 heteroatoms. The molecule has 88 valence electrons. The number of rotatable bonds is 6. The molecule has 0 unspecified atom stereocenters. The molecule has 0 spiro atoms. The van der Waals surface area contributed by atoms with Gasteiger partial charge < -0.3 is 4.74 Å². The van der Waals surface area contributed by atoms with Crippen LogP contribution < -0.4 is 4.72 Å². The van der Waals surface area contributed by atoms with Crippen LogP contribution in [0.1, 0.15) is 19.3 Å². The predicted octanol–water partition coefficient (Wildman–Crippen LogP) is 3.24. The van der Waals surface area contributed by atoms with E-state index in [4.69, 9.17) is 0 Å². The SMILES string of the molecule is C=CCCCCOC(=O)NSC(F)(F)F. The standard InChI is InChI=1S/C8H12F3NO2S/c1-2-3-4-5-6-14-7(13)12-15-8(9,10)11/h2H,1,3-6H2,(H,12,13). The van der Waals surface area contributed by atoms with Crippen LogP contribution in [0, 0.1) is 0 Å². The summed E-state index contributed by atoms with van der Waals surface area (Å²) in [4.78, 5) is 10.6. The van der Waals surface area contributed by atoms with Crippen molar-refractivity contribution >= 4 is 18.0 Å². The number of carbonyl (C=O) groups excluding carboxylic acids is 1. The smallest absolute Gasteiger partial charge is 0.449 e. The van der Waals surface area contributed by atoms with E-state index in [1.807, 2.05) is 0 Å². The van der Waals surface area contributed by atoms with E-state index in [9.17, 15) is 18.0 Å². The largest absolute Gasteiger partial charge is 0.461 e. The summed E-state index contributed by atoms with van der Waals surface area (Å²) in [6.07, 6.45) is 2.84. The van der Waals surface area contributed by atoms with Gasteiger partial charge in [0.1, 0.15) is 0 Å². The molecule has 0 radical (unpaired) electrons. The van der Waals surface area contributed by atoms with Gasteiger partial charge in [-0.05, 0) is 19.3 Å². The molecule has 1 N–H and O–H groups in total.